The lowest BCUT2D eigenvalue weighted by molar-refractivity contribution is 0.0696. The maximum absolute atomic E-state index is 14.3. The van der Waals surface area contributed by atoms with Crippen LogP contribution < -0.4 is 16.4 Å². The van der Waals surface area contributed by atoms with E-state index in [4.69, 9.17) is 36.4 Å². The third-order valence-electron chi connectivity index (χ3n) is 8.85. The molecule has 0 fully saturated rings. The number of aromatic nitrogens is 8. The maximum Gasteiger partial charge on any atom is 0.335 e. The monoisotopic (exact) mass is 985 g/mol. The number of nitrogens with two attached hydrogens (primary N) is 1. The summed E-state index contributed by atoms with van der Waals surface area (Å²) in [6, 6.07) is 25.5. The Balaban J connectivity index is 0.000000286. The van der Waals surface area contributed by atoms with Gasteiger partial charge in [-0.25, -0.2) is 33.5 Å². The fourth-order valence-electron chi connectivity index (χ4n) is 5.43. The Kier molecular flexibility index (Phi) is 21.2. The maximum atomic E-state index is 14.3. The van der Waals surface area contributed by atoms with E-state index in [1.54, 1.807) is 68.7 Å². The molecule has 0 aliphatic heterocycles. The molecule has 0 unspecified atom stereocenters. The quantitative estimate of drug-likeness (QED) is 0.0546. The van der Waals surface area contributed by atoms with Gasteiger partial charge in [-0.05, 0) is 45.0 Å². The van der Waals surface area contributed by atoms with Gasteiger partial charge in [0.25, 0.3) is 10.1 Å². The Morgan fingerprint density at radius 2 is 1.14 bits per heavy atom. The van der Waals surface area contributed by atoms with E-state index < -0.39 is 27.7 Å². The first kappa shape index (κ1) is 56.0. The molecule has 0 radical (unpaired) electrons. The Bertz CT molecular complexity index is 3190. The van der Waals surface area contributed by atoms with Crippen molar-refractivity contribution in [3.63, 3.8) is 0 Å². The summed E-state index contributed by atoms with van der Waals surface area (Å²) in [5.74, 6) is -2.50. The number of hydrogen-bond acceptors (Lipinski definition) is 17. The number of carboxylic acids is 1. The SMILES string of the molecule is C.C[C@@H](C#N)CC(=O)c1ccc(-c2nc(Nc3cnn(CC#N)c3)ncc2F)cc1.C[C@H](N)C#N.Cc1ccc(S(=O)(=O)O)cc1.N#CCn1cc(Nc2ncc(F)c(-c3ccc(C(=O)O)cc3)n2)cn1. The van der Waals surface area contributed by atoms with Gasteiger partial charge in [0.2, 0.25) is 11.9 Å². The smallest absolute Gasteiger partial charge is 0.335 e. The van der Waals surface area contributed by atoms with Crippen LogP contribution in [0.15, 0.2) is 115 Å². The van der Waals surface area contributed by atoms with E-state index in [1.165, 1.54) is 58.2 Å². The summed E-state index contributed by atoms with van der Waals surface area (Å²) in [5.41, 5.74) is 8.58. The van der Waals surface area contributed by atoms with Crippen LogP contribution in [0.2, 0.25) is 0 Å². The predicted molar refractivity (Wildman–Crippen MR) is 255 cm³/mol. The number of nitriles is 4. The summed E-state index contributed by atoms with van der Waals surface area (Å²) in [6.45, 7) is 5.37. The van der Waals surface area contributed by atoms with Crippen molar-refractivity contribution in [2.75, 3.05) is 10.6 Å². The molecule has 2 atom stereocenters. The number of aromatic carboxylic acids is 1. The molecule has 21 nitrogen and oxygen atoms in total. The lowest BCUT2D eigenvalue weighted by Crippen LogP contribution is -2.09. The van der Waals surface area contributed by atoms with Crippen molar-refractivity contribution in [1.82, 2.24) is 39.5 Å². The zero-order chi connectivity index (χ0) is 51.4. The number of anilines is 4. The minimum Gasteiger partial charge on any atom is -0.478 e. The molecule has 7 aromatic rings. The third kappa shape index (κ3) is 17.7. The molecule has 4 aromatic heterocycles. The molecule has 0 aliphatic rings. The number of hydrogen-bond donors (Lipinski definition) is 5. The number of benzene rings is 3. The first-order valence-electron chi connectivity index (χ1n) is 20.3. The second kappa shape index (κ2) is 26.9. The molecule has 0 amide bonds. The van der Waals surface area contributed by atoms with Gasteiger partial charge >= 0.3 is 5.97 Å². The van der Waals surface area contributed by atoms with Crippen molar-refractivity contribution < 1.29 is 36.4 Å². The number of Topliss-reactive ketones (excluding diaryl/α,β-unsaturated/α-hetero) is 1. The standard InChI is InChI=1S/C20H16FN7O.C16H11FN6O2.C7H8O3S.C3H6N2.CH4/c1-13(9-23)8-18(29)14-2-4-15(5-3-14)19-17(21)11-24-20(27-19)26-16-10-25-28(12-16)7-6-22;17-13-8-19-16(21-12-7-20-23(9-12)6-5-18)22-14(13)10-1-3-11(4-2-10)15(24)25;1-6-2-4-7(5-3-6)11(8,9)10;1-3(5)2-4;/h2-5,10-13H,7-8H2,1H3,(H,24,26,27);1-4,7-9H,6H2,(H,24,25)(H,19,21,22);2-5H,1H3,(H,8,9,10);3H,5H2,1H3;1H4/t13-;;;3-;/m1..0./s1. The van der Waals surface area contributed by atoms with Crippen LogP contribution in [0.3, 0.4) is 0 Å². The molecule has 364 valence electrons. The molecule has 6 N–H and O–H groups in total. The normalized spacial score (nSPS) is 10.9. The van der Waals surface area contributed by atoms with Crippen molar-refractivity contribution in [3.05, 3.63) is 138 Å². The summed E-state index contributed by atoms with van der Waals surface area (Å²) in [6.07, 6.45) is 8.41. The minimum absolute atomic E-state index is 0. The van der Waals surface area contributed by atoms with Crippen LogP contribution in [0.4, 0.5) is 32.1 Å². The van der Waals surface area contributed by atoms with Crippen LogP contribution in [0.25, 0.3) is 22.5 Å². The summed E-state index contributed by atoms with van der Waals surface area (Å²) < 4.78 is 60.7. The van der Waals surface area contributed by atoms with Gasteiger partial charge in [0.15, 0.2) is 17.4 Å². The average Bonchev–Trinajstić information content (AvgIpc) is 3.99. The molecular weight excluding hydrogens is 941 g/mol. The van der Waals surface area contributed by atoms with E-state index in [1.807, 2.05) is 25.1 Å². The zero-order valence-corrected chi connectivity index (χ0v) is 38.1. The largest absolute Gasteiger partial charge is 0.478 e. The molecule has 0 saturated heterocycles. The summed E-state index contributed by atoms with van der Waals surface area (Å²) in [4.78, 5) is 39.1. The number of nitrogens with zero attached hydrogens (tertiary/aromatic N) is 12. The Hall–Kier alpha value is -9.33. The van der Waals surface area contributed by atoms with Crippen LogP contribution in [0.1, 0.15) is 54.0 Å². The number of nitrogens with one attached hydrogen (secondary N) is 2. The van der Waals surface area contributed by atoms with E-state index >= 15 is 0 Å². The van der Waals surface area contributed by atoms with E-state index in [-0.39, 0.29) is 78.4 Å². The molecule has 24 heteroatoms. The van der Waals surface area contributed by atoms with E-state index in [9.17, 15) is 26.8 Å². The number of carboxylic acid groups (broad SMARTS) is 1. The Labute approximate surface area is 406 Å². The number of ketones is 1. The van der Waals surface area contributed by atoms with Crippen LogP contribution in [0, 0.1) is 69.8 Å². The predicted octanol–water partition coefficient (Wildman–Crippen LogP) is 7.66. The number of carbonyl (C=O) groups excluding carboxylic acids is 1. The van der Waals surface area contributed by atoms with E-state index in [0.717, 1.165) is 18.0 Å². The van der Waals surface area contributed by atoms with Crippen molar-refractivity contribution in [3.8, 4) is 46.8 Å². The topological polar surface area (TPSA) is 341 Å². The van der Waals surface area contributed by atoms with Crippen LogP contribution in [-0.2, 0) is 23.2 Å². The van der Waals surface area contributed by atoms with Crippen LogP contribution in [-0.4, -0.2) is 75.4 Å². The van der Waals surface area contributed by atoms with Gasteiger partial charge in [-0.15, -0.1) is 0 Å². The van der Waals surface area contributed by atoms with Crippen molar-refractivity contribution in [2.45, 2.75) is 58.6 Å². The second-order valence-corrected chi connectivity index (χ2v) is 15.9. The van der Waals surface area contributed by atoms with Gasteiger partial charge in [-0.2, -0.15) is 39.7 Å². The van der Waals surface area contributed by atoms with Crippen molar-refractivity contribution >= 4 is 45.1 Å². The first-order valence-corrected chi connectivity index (χ1v) is 21.7. The van der Waals surface area contributed by atoms with Crippen molar-refractivity contribution in [2.24, 2.45) is 11.7 Å². The molecule has 0 aliphatic carbocycles. The molecule has 0 bridgehead atoms. The fraction of sp³-hybridized carbons (Fsp3) is 0.191. The average molecular weight is 986 g/mol. The minimum atomic E-state index is -4.02. The fourth-order valence-corrected chi connectivity index (χ4v) is 5.91. The summed E-state index contributed by atoms with van der Waals surface area (Å²) in [5, 5.41) is 56.6. The highest BCUT2D eigenvalue weighted by molar-refractivity contribution is 7.85. The summed E-state index contributed by atoms with van der Waals surface area (Å²) in [7, 11) is -4.02. The molecule has 0 saturated carbocycles. The molecular formula is C47H45F2N15O6S. The molecule has 7 rings (SSSR count). The van der Waals surface area contributed by atoms with Crippen LogP contribution in [0.5, 0.6) is 0 Å². The van der Waals surface area contributed by atoms with Gasteiger partial charge in [0, 0.05) is 35.5 Å². The summed E-state index contributed by atoms with van der Waals surface area (Å²) >= 11 is 0. The van der Waals surface area contributed by atoms with Gasteiger partial charge in [-0.3, -0.25) is 18.7 Å². The number of rotatable bonds is 13. The lowest BCUT2D eigenvalue weighted by Gasteiger charge is -2.07. The Morgan fingerprint density at radius 1 is 0.718 bits per heavy atom. The molecule has 3 aromatic carbocycles. The lowest BCUT2D eigenvalue weighted by atomic mass is 9.99. The first-order chi connectivity index (χ1) is 33.3. The molecule has 0 spiro atoms. The molecule has 4 heterocycles. The van der Waals surface area contributed by atoms with E-state index in [2.05, 4.69) is 40.8 Å². The van der Waals surface area contributed by atoms with Crippen LogP contribution >= 0.6 is 0 Å². The van der Waals surface area contributed by atoms with Gasteiger partial charge in [-0.1, -0.05) is 61.5 Å². The highest BCUT2D eigenvalue weighted by atomic mass is 32.2. The van der Waals surface area contributed by atoms with Gasteiger partial charge in [0.05, 0.1) is 82.9 Å². The number of aryl methyl sites for hydroxylation is 1. The highest BCUT2D eigenvalue weighted by Crippen LogP contribution is 2.25. The second-order valence-electron chi connectivity index (χ2n) is 14.5. The van der Waals surface area contributed by atoms with Crippen molar-refractivity contribution in [1.29, 1.82) is 21.0 Å². The molecule has 71 heavy (non-hydrogen) atoms. The Morgan fingerprint density at radius 3 is 1.51 bits per heavy atom. The third-order valence-corrected chi connectivity index (χ3v) is 9.72. The van der Waals surface area contributed by atoms with Gasteiger partial charge in [0.1, 0.15) is 24.5 Å². The zero-order valence-electron chi connectivity index (χ0n) is 37.3. The van der Waals surface area contributed by atoms with Gasteiger partial charge < -0.3 is 21.5 Å². The number of carbonyl (C=O) groups is 2. The highest BCUT2D eigenvalue weighted by Gasteiger charge is 2.15. The number of halogens is 2. The van der Waals surface area contributed by atoms with E-state index in [0.29, 0.717) is 28.1 Å².